The zero-order valence-corrected chi connectivity index (χ0v) is 17.6. The highest BCUT2D eigenvalue weighted by molar-refractivity contribution is 6.30. The number of ether oxygens (including phenoxy) is 1. The number of rotatable bonds is 9. The van der Waals surface area contributed by atoms with Crippen LogP contribution in [0.2, 0.25) is 5.02 Å². The summed E-state index contributed by atoms with van der Waals surface area (Å²) in [6, 6.07) is 8.88. The summed E-state index contributed by atoms with van der Waals surface area (Å²) in [6.07, 6.45) is 3.08. The van der Waals surface area contributed by atoms with Gasteiger partial charge in [0, 0.05) is 40.9 Å². The number of nitrogens with one attached hydrogen (secondary N) is 1. The number of hydrogen-bond acceptors (Lipinski definition) is 5. The number of H-pyrrole nitrogens is 1. The summed E-state index contributed by atoms with van der Waals surface area (Å²) in [5.74, 6) is -0.254. The van der Waals surface area contributed by atoms with Crippen LogP contribution in [0.1, 0.15) is 17.2 Å². The van der Waals surface area contributed by atoms with Gasteiger partial charge in [0.15, 0.2) is 5.78 Å². The number of halogens is 2. The van der Waals surface area contributed by atoms with Crippen molar-refractivity contribution in [1.82, 2.24) is 15.1 Å². The van der Waals surface area contributed by atoms with Crippen molar-refractivity contribution in [2.45, 2.75) is 12.5 Å². The minimum Gasteiger partial charge on any atom is -0.492 e. The SMILES string of the molecule is CN(C)CCOc1cc(-c2cn[nH]c2)c(F)cc1CC(=O)C(N)c1ccc(Cl)cc1. The molecule has 0 aliphatic carbocycles. The molecule has 2 aromatic carbocycles. The Morgan fingerprint density at radius 1 is 1.30 bits per heavy atom. The van der Waals surface area contributed by atoms with Crippen molar-refractivity contribution in [3.05, 3.63) is 70.8 Å². The van der Waals surface area contributed by atoms with E-state index in [1.165, 1.54) is 12.3 Å². The van der Waals surface area contributed by atoms with Gasteiger partial charge < -0.3 is 15.4 Å². The topological polar surface area (TPSA) is 84.2 Å². The predicted molar refractivity (Wildman–Crippen MR) is 115 cm³/mol. The number of hydrogen-bond donors (Lipinski definition) is 2. The Morgan fingerprint density at radius 2 is 2.03 bits per heavy atom. The van der Waals surface area contributed by atoms with Gasteiger partial charge >= 0.3 is 0 Å². The smallest absolute Gasteiger partial charge is 0.158 e. The Labute approximate surface area is 179 Å². The third kappa shape index (κ3) is 5.44. The minimum absolute atomic E-state index is 0.0519. The van der Waals surface area contributed by atoms with Crippen LogP contribution in [-0.2, 0) is 11.2 Å². The van der Waals surface area contributed by atoms with Gasteiger partial charge in [-0.05, 0) is 43.9 Å². The molecule has 30 heavy (non-hydrogen) atoms. The molecule has 0 spiro atoms. The van der Waals surface area contributed by atoms with E-state index >= 15 is 0 Å². The lowest BCUT2D eigenvalue weighted by atomic mass is 9.96. The summed E-state index contributed by atoms with van der Waals surface area (Å²) in [5, 5.41) is 7.10. The van der Waals surface area contributed by atoms with Crippen molar-refractivity contribution >= 4 is 17.4 Å². The number of ketones is 1. The number of benzene rings is 2. The van der Waals surface area contributed by atoms with E-state index in [0.29, 0.717) is 46.2 Å². The van der Waals surface area contributed by atoms with Gasteiger partial charge in [-0.1, -0.05) is 23.7 Å². The minimum atomic E-state index is -0.839. The van der Waals surface area contributed by atoms with Gasteiger partial charge in [-0.15, -0.1) is 0 Å². The summed E-state index contributed by atoms with van der Waals surface area (Å²) < 4.78 is 20.7. The van der Waals surface area contributed by atoms with Gasteiger partial charge in [0.1, 0.15) is 18.2 Å². The predicted octanol–water partition coefficient (Wildman–Crippen LogP) is 3.62. The number of carbonyl (C=O) groups is 1. The second-order valence-electron chi connectivity index (χ2n) is 7.25. The van der Waals surface area contributed by atoms with Crippen LogP contribution in [0.3, 0.4) is 0 Å². The monoisotopic (exact) mass is 430 g/mol. The lowest BCUT2D eigenvalue weighted by Gasteiger charge is -2.17. The molecule has 3 aromatic rings. The van der Waals surface area contributed by atoms with Gasteiger partial charge in [-0.3, -0.25) is 9.89 Å². The first-order chi connectivity index (χ1) is 14.3. The second-order valence-corrected chi connectivity index (χ2v) is 7.69. The van der Waals surface area contributed by atoms with Crippen molar-refractivity contribution in [2.75, 3.05) is 27.2 Å². The summed E-state index contributed by atoms with van der Waals surface area (Å²) in [6.45, 7) is 1.07. The van der Waals surface area contributed by atoms with Crippen LogP contribution in [0, 0.1) is 5.82 Å². The molecule has 0 radical (unpaired) electrons. The number of carbonyl (C=O) groups excluding carboxylic acids is 1. The maximum Gasteiger partial charge on any atom is 0.158 e. The molecule has 0 aliphatic rings. The van der Waals surface area contributed by atoms with Crippen molar-refractivity contribution < 1.29 is 13.9 Å². The zero-order chi connectivity index (χ0) is 21.7. The zero-order valence-electron chi connectivity index (χ0n) is 16.9. The largest absolute Gasteiger partial charge is 0.492 e. The first kappa shape index (κ1) is 22.0. The second kappa shape index (κ2) is 9.84. The number of likely N-dealkylation sites (N-methyl/N-ethyl adjacent to an activating group) is 1. The van der Waals surface area contributed by atoms with Crippen LogP contribution in [0.25, 0.3) is 11.1 Å². The summed E-state index contributed by atoms with van der Waals surface area (Å²) in [7, 11) is 3.86. The third-order valence-electron chi connectivity index (χ3n) is 4.70. The molecular weight excluding hydrogens is 407 g/mol. The number of aromatic amines is 1. The highest BCUT2D eigenvalue weighted by Gasteiger charge is 2.20. The first-order valence-corrected chi connectivity index (χ1v) is 9.86. The molecule has 1 heterocycles. The number of aromatic nitrogens is 2. The Kier molecular flexibility index (Phi) is 7.20. The Balaban J connectivity index is 1.86. The van der Waals surface area contributed by atoms with Gasteiger partial charge in [0.25, 0.3) is 0 Å². The average molecular weight is 431 g/mol. The lowest BCUT2D eigenvalue weighted by Crippen LogP contribution is -2.24. The maximum atomic E-state index is 14.8. The van der Waals surface area contributed by atoms with Crippen LogP contribution in [-0.4, -0.2) is 48.1 Å². The van der Waals surface area contributed by atoms with E-state index in [4.69, 9.17) is 22.1 Å². The molecule has 8 heteroatoms. The fourth-order valence-corrected chi connectivity index (χ4v) is 3.10. The van der Waals surface area contributed by atoms with Gasteiger partial charge in [-0.2, -0.15) is 5.10 Å². The molecule has 3 rings (SSSR count). The van der Waals surface area contributed by atoms with Crippen molar-refractivity contribution in [3.63, 3.8) is 0 Å². The molecule has 3 N–H and O–H groups in total. The molecule has 0 saturated carbocycles. The molecule has 158 valence electrons. The van der Waals surface area contributed by atoms with Gasteiger partial charge in [-0.25, -0.2) is 4.39 Å². The van der Waals surface area contributed by atoms with Crippen LogP contribution in [0.4, 0.5) is 4.39 Å². The van der Waals surface area contributed by atoms with Crippen LogP contribution in [0.15, 0.2) is 48.8 Å². The van der Waals surface area contributed by atoms with E-state index in [-0.39, 0.29) is 12.2 Å². The highest BCUT2D eigenvalue weighted by atomic mass is 35.5. The van der Waals surface area contributed by atoms with Crippen molar-refractivity contribution in [3.8, 4) is 16.9 Å². The van der Waals surface area contributed by atoms with Crippen LogP contribution < -0.4 is 10.5 Å². The highest BCUT2D eigenvalue weighted by Crippen LogP contribution is 2.31. The normalized spacial score (nSPS) is 12.2. The average Bonchev–Trinajstić information content (AvgIpc) is 3.23. The molecule has 1 aromatic heterocycles. The molecule has 1 atom stereocenters. The van der Waals surface area contributed by atoms with Gasteiger partial charge in [0.2, 0.25) is 0 Å². The summed E-state index contributed by atoms with van der Waals surface area (Å²) >= 11 is 5.90. The molecular formula is C22H24ClFN4O2. The van der Waals surface area contributed by atoms with Crippen LogP contribution >= 0.6 is 11.6 Å². The Morgan fingerprint density at radius 3 is 2.67 bits per heavy atom. The molecule has 1 unspecified atom stereocenters. The number of Topliss-reactive ketones (excluding diaryl/α,β-unsaturated/α-hetero) is 1. The lowest BCUT2D eigenvalue weighted by molar-refractivity contribution is -0.119. The molecule has 0 bridgehead atoms. The fraction of sp³-hybridized carbons (Fsp3) is 0.273. The quantitative estimate of drug-likeness (QED) is 0.541. The number of nitrogens with zero attached hydrogens (tertiary/aromatic N) is 2. The first-order valence-electron chi connectivity index (χ1n) is 9.48. The van der Waals surface area contributed by atoms with Crippen molar-refractivity contribution in [1.29, 1.82) is 0 Å². The molecule has 0 fully saturated rings. The molecule has 0 amide bonds. The maximum absolute atomic E-state index is 14.8. The van der Waals surface area contributed by atoms with Crippen molar-refractivity contribution in [2.24, 2.45) is 5.73 Å². The van der Waals surface area contributed by atoms with Crippen LogP contribution in [0.5, 0.6) is 5.75 Å². The standard InChI is InChI=1S/C22H24ClFN4O2/c1-28(2)7-8-30-21-11-18(16-12-26-27-13-16)19(24)9-15(21)10-20(29)22(25)14-3-5-17(23)6-4-14/h3-6,9,11-13,22H,7-8,10,25H2,1-2H3,(H,26,27). The third-order valence-corrected chi connectivity index (χ3v) is 4.95. The van der Waals surface area contributed by atoms with E-state index in [1.54, 1.807) is 36.5 Å². The molecule has 6 nitrogen and oxygen atoms in total. The summed E-state index contributed by atoms with van der Waals surface area (Å²) in [5.41, 5.74) is 8.17. The summed E-state index contributed by atoms with van der Waals surface area (Å²) in [4.78, 5) is 14.8. The van der Waals surface area contributed by atoms with Gasteiger partial charge in [0.05, 0.1) is 12.2 Å². The van der Waals surface area contributed by atoms with E-state index in [9.17, 15) is 9.18 Å². The molecule has 0 saturated heterocycles. The van der Waals surface area contributed by atoms with E-state index < -0.39 is 11.9 Å². The van der Waals surface area contributed by atoms with E-state index in [2.05, 4.69) is 10.2 Å². The Bertz CT molecular complexity index is 991. The number of nitrogens with two attached hydrogens (primary N) is 1. The van der Waals surface area contributed by atoms with E-state index in [0.717, 1.165) is 0 Å². The Hall–Kier alpha value is -2.74. The molecule has 0 aliphatic heterocycles. The fourth-order valence-electron chi connectivity index (χ4n) is 2.98. The van der Waals surface area contributed by atoms with E-state index in [1.807, 2.05) is 19.0 Å².